The Morgan fingerprint density at radius 1 is 1.67 bits per heavy atom. The molecule has 0 spiro atoms. The van der Waals surface area contributed by atoms with Crippen LogP contribution >= 0.6 is 0 Å². The summed E-state index contributed by atoms with van der Waals surface area (Å²) in [5.41, 5.74) is 5.43. The van der Waals surface area contributed by atoms with Gasteiger partial charge in [0.2, 0.25) is 5.91 Å². The first-order valence-corrected chi connectivity index (χ1v) is 5.70. The van der Waals surface area contributed by atoms with Crippen LogP contribution in [0.2, 0.25) is 0 Å². The summed E-state index contributed by atoms with van der Waals surface area (Å²) in [6, 6.07) is 0. The predicted molar refractivity (Wildman–Crippen MR) is 59.4 cm³/mol. The third-order valence-electron chi connectivity index (χ3n) is 3.05. The molecule has 4 heteroatoms. The fraction of sp³-hybridized carbons (Fsp3) is 0.909. The zero-order valence-corrected chi connectivity index (χ0v) is 9.74. The van der Waals surface area contributed by atoms with Crippen LogP contribution in [-0.4, -0.2) is 43.7 Å². The summed E-state index contributed by atoms with van der Waals surface area (Å²) in [4.78, 5) is 13.9. The molecule has 0 aromatic heterocycles. The summed E-state index contributed by atoms with van der Waals surface area (Å²) in [7, 11) is 1.70. The quantitative estimate of drug-likeness (QED) is 0.729. The molecule has 0 saturated carbocycles. The van der Waals surface area contributed by atoms with Crippen LogP contribution in [0.15, 0.2) is 0 Å². The molecular weight excluding hydrogens is 192 g/mol. The van der Waals surface area contributed by atoms with Gasteiger partial charge < -0.3 is 15.4 Å². The Morgan fingerprint density at radius 2 is 2.40 bits per heavy atom. The maximum Gasteiger partial charge on any atom is 0.225 e. The zero-order chi connectivity index (χ0) is 11.3. The average molecular weight is 214 g/mol. The van der Waals surface area contributed by atoms with Crippen molar-refractivity contribution in [1.82, 2.24) is 4.90 Å². The molecule has 1 aliphatic heterocycles. The monoisotopic (exact) mass is 214 g/mol. The Balaban J connectivity index is 2.33. The fourth-order valence-corrected chi connectivity index (χ4v) is 1.98. The number of nitrogens with zero attached hydrogens (tertiary/aromatic N) is 1. The highest BCUT2D eigenvalue weighted by molar-refractivity contribution is 5.78. The Morgan fingerprint density at radius 3 is 2.93 bits per heavy atom. The van der Waals surface area contributed by atoms with Gasteiger partial charge in [0.05, 0.1) is 6.10 Å². The van der Waals surface area contributed by atoms with E-state index in [9.17, 15) is 4.79 Å². The number of amides is 1. The molecule has 2 N–H and O–H groups in total. The van der Waals surface area contributed by atoms with E-state index < -0.39 is 0 Å². The first-order valence-electron chi connectivity index (χ1n) is 5.70. The van der Waals surface area contributed by atoms with E-state index in [1.54, 1.807) is 7.11 Å². The van der Waals surface area contributed by atoms with Crippen LogP contribution in [0.3, 0.4) is 0 Å². The maximum atomic E-state index is 11.9. The van der Waals surface area contributed by atoms with Crippen molar-refractivity contribution in [3.05, 3.63) is 0 Å². The lowest BCUT2D eigenvalue weighted by Gasteiger charge is -2.20. The highest BCUT2D eigenvalue weighted by atomic mass is 16.5. The highest BCUT2D eigenvalue weighted by Gasteiger charge is 2.28. The number of methoxy groups -OCH3 is 1. The smallest absolute Gasteiger partial charge is 0.225 e. The number of ether oxygens (including phenoxy) is 1. The summed E-state index contributed by atoms with van der Waals surface area (Å²) in [5, 5.41) is 0. The second-order valence-corrected chi connectivity index (χ2v) is 4.26. The van der Waals surface area contributed by atoms with Crippen molar-refractivity contribution in [2.24, 2.45) is 11.7 Å². The van der Waals surface area contributed by atoms with Crippen molar-refractivity contribution < 1.29 is 9.53 Å². The Hall–Kier alpha value is -0.610. The Labute approximate surface area is 91.8 Å². The molecule has 0 aromatic carbocycles. The zero-order valence-electron chi connectivity index (χ0n) is 9.74. The molecule has 1 rings (SSSR count). The topological polar surface area (TPSA) is 55.6 Å². The van der Waals surface area contributed by atoms with Crippen LogP contribution in [-0.2, 0) is 9.53 Å². The number of rotatable bonds is 5. The largest absolute Gasteiger partial charge is 0.380 e. The van der Waals surface area contributed by atoms with Crippen LogP contribution in [0.5, 0.6) is 0 Å². The predicted octanol–water partition coefficient (Wildman–Crippen LogP) is 0.609. The van der Waals surface area contributed by atoms with Crippen LogP contribution in [0.25, 0.3) is 0 Å². The van der Waals surface area contributed by atoms with Gasteiger partial charge in [-0.3, -0.25) is 4.79 Å². The SMILES string of the molecule is COC1CCN(C(=O)C(C)CCCN)C1. The van der Waals surface area contributed by atoms with E-state index in [1.807, 2.05) is 11.8 Å². The molecule has 15 heavy (non-hydrogen) atoms. The summed E-state index contributed by atoms with van der Waals surface area (Å²) < 4.78 is 5.24. The highest BCUT2D eigenvalue weighted by Crippen LogP contribution is 2.17. The summed E-state index contributed by atoms with van der Waals surface area (Å²) in [6.07, 6.45) is 3.01. The normalized spacial score (nSPS) is 23.1. The molecule has 1 saturated heterocycles. The molecule has 1 heterocycles. The average Bonchev–Trinajstić information content (AvgIpc) is 2.73. The number of likely N-dealkylation sites (tertiary alicyclic amines) is 1. The van der Waals surface area contributed by atoms with Crippen molar-refractivity contribution in [2.45, 2.75) is 32.3 Å². The molecule has 0 radical (unpaired) electrons. The van der Waals surface area contributed by atoms with Gasteiger partial charge in [0.25, 0.3) is 0 Å². The van der Waals surface area contributed by atoms with Gasteiger partial charge in [0.1, 0.15) is 0 Å². The fourth-order valence-electron chi connectivity index (χ4n) is 1.98. The lowest BCUT2D eigenvalue weighted by atomic mass is 10.0. The summed E-state index contributed by atoms with van der Waals surface area (Å²) in [6.45, 7) is 4.24. The minimum absolute atomic E-state index is 0.101. The number of carbonyl (C=O) groups excluding carboxylic acids is 1. The molecule has 1 fully saturated rings. The first-order chi connectivity index (χ1) is 7.19. The molecule has 1 amide bonds. The van der Waals surface area contributed by atoms with Crippen LogP contribution in [0, 0.1) is 5.92 Å². The van der Waals surface area contributed by atoms with E-state index in [0.717, 1.165) is 32.4 Å². The molecule has 0 bridgehead atoms. The molecule has 88 valence electrons. The van der Waals surface area contributed by atoms with E-state index in [4.69, 9.17) is 10.5 Å². The van der Waals surface area contributed by atoms with E-state index in [2.05, 4.69) is 0 Å². The van der Waals surface area contributed by atoms with Crippen molar-refractivity contribution in [1.29, 1.82) is 0 Å². The molecule has 4 nitrogen and oxygen atoms in total. The molecule has 2 unspecified atom stereocenters. The minimum atomic E-state index is 0.101. The maximum absolute atomic E-state index is 11.9. The summed E-state index contributed by atoms with van der Waals surface area (Å²) >= 11 is 0. The van der Waals surface area contributed by atoms with Gasteiger partial charge in [0, 0.05) is 26.1 Å². The number of nitrogens with two attached hydrogens (primary N) is 1. The lowest BCUT2D eigenvalue weighted by molar-refractivity contribution is -0.134. The van der Waals surface area contributed by atoms with E-state index in [0.29, 0.717) is 6.54 Å². The van der Waals surface area contributed by atoms with Gasteiger partial charge in [-0.15, -0.1) is 0 Å². The van der Waals surface area contributed by atoms with Crippen LogP contribution in [0.4, 0.5) is 0 Å². The second-order valence-electron chi connectivity index (χ2n) is 4.26. The Kier molecular flexibility index (Phi) is 5.05. The standard InChI is InChI=1S/C11H22N2O2/c1-9(4-3-6-12)11(14)13-7-5-10(8-13)15-2/h9-10H,3-8,12H2,1-2H3. The van der Waals surface area contributed by atoms with E-state index in [1.165, 1.54) is 0 Å². The molecule has 1 aliphatic rings. The molecular formula is C11H22N2O2. The third-order valence-corrected chi connectivity index (χ3v) is 3.05. The van der Waals surface area contributed by atoms with Crippen LogP contribution in [0.1, 0.15) is 26.2 Å². The summed E-state index contributed by atoms with van der Waals surface area (Å²) in [5.74, 6) is 0.354. The first kappa shape index (κ1) is 12.5. The van der Waals surface area contributed by atoms with E-state index in [-0.39, 0.29) is 17.9 Å². The van der Waals surface area contributed by atoms with Crippen molar-refractivity contribution in [3.63, 3.8) is 0 Å². The van der Waals surface area contributed by atoms with Gasteiger partial charge in [0.15, 0.2) is 0 Å². The van der Waals surface area contributed by atoms with Gasteiger partial charge >= 0.3 is 0 Å². The van der Waals surface area contributed by atoms with Crippen molar-refractivity contribution in [2.75, 3.05) is 26.7 Å². The van der Waals surface area contributed by atoms with Gasteiger partial charge in [-0.2, -0.15) is 0 Å². The van der Waals surface area contributed by atoms with E-state index >= 15 is 0 Å². The number of hydrogen-bond donors (Lipinski definition) is 1. The van der Waals surface area contributed by atoms with Gasteiger partial charge in [-0.1, -0.05) is 6.92 Å². The minimum Gasteiger partial charge on any atom is -0.380 e. The lowest BCUT2D eigenvalue weighted by Crippen LogP contribution is -2.34. The second kappa shape index (κ2) is 6.08. The number of carbonyl (C=O) groups is 1. The molecule has 2 atom stereocenters. The van der Waals surface area contributed by atoms with Crippen LogP contribution < -0.4 is 5.73 Å². The number of hydrogen-bond acceptors (Lipinski definition) is 3. The molecule has 0 aromatic rings. The Bertz CT molecular complexity index is 209. The third kappa shape index (κ3) is 3.47. The van der Waals surface area contributed by atoms with Gasteiger partial charge in [-0.05, 0) is 25.8 Å². The van der Waals surface area contributed by atoms with Crippen molar-refractivity contribution >= 4 is 5.91 Å². The molecule has 0 aliphatic carbocycles. The van der Waals surface area contributed by atoms with Crippen molar-refractivity contribution in [3.8, 4) is 0 Å². The van der Waals surface area contributed by atoms with Gasteiger partial charge in [-0.25, -0.2) is 0 Å².